The zero-order valence-corrected chi connectivity index (χ0v) is 6.87. The second-order valence-electron chi connectivity index (χ2n) is 1.84. The van der Waals surface area contributed by atoms with E-state index in [0.717, 1.165) is 16.2 Å². The van der Waals surface area contributed by atoms with Crippen LogP contribution >= 0.6 is 11.3 Å². The van der Waals surface area contributed by atoms with E-state index >= 15 is 0 Å². The van der Waals surface area contributed by atoms with Crippen LogP contribution in [0, 0.1) is 6.92 Å². The van der Waals surface area contributed by atoms with E-state index in [2.05, 4.69) is 0 Å². The van der Waals surface area contributed by atoms with E-state index in [1.807, 2.05) is 0 Å². The highest BCUT2D eigenvalue weighted by molar-refractivity contribution is 7.88. The highest BCUT2D eigenvalue weighted by Gasteiger charge is 2.10. The van der Waals surface area contributed by atoms with Crippen LogP contribution in [0.25, 0.3) is 0 Å². The first kappa shape index (κ1) is 7.71. The molecule has 3 nitrogen and oxygen atoms in total. The van der Waals surface area contributed by atoms with E-state index in [9.17, 15) is 8.42 Å². The molecule has 10 heavy (non-hydrogen) atoms. The number of rotatable bonds is 1. The molecule has 1 heterocycles. The van der Waals surface area contributed by atoms with Crippen molar-refractivity contribution in [2.24, 2.45) is 0 Å². The molecule has 0 saturated heterocycles. The Bertz CT molecular complexity index is 322. The van der Waals surface area contributed by atoms with Crippen molar-refractivity contribution in [1.29, 1.82) is 0 Å². The molecule has 0 aliphatic carbocycles. The molecular weight excluding hydrogens is 172 g/mol. The molecule has 5 heteroatoms. The molecule has 0 aliphatic heterocycles. The lowest BCUT2D eigenvalue weighted by atomic mass is 10.5. The Balaban J connectivity index is 3.21. The van der Waals surface area contributed by atoms with Crippen molar-refractivity contribution in [3.05, 3.63) is 17.0 Å². The lowest BCUT2D eigenvalue weighted by Crippen LogP contribution is -1.92. The summed E-state index contributed by atoms with van der Waals surface area (Å²) in [5.41, 5.74) is 0. The van der Waals surface area contributed by atoms with Crippen LogP contribution in [-0.2, 0) is 10.1 Å². The van der Waals surface area contributed by atoms with Gasteiger partial charge in [-0.1, -0.05) is 0 Å². The minimum absolute atomic E-state index is 0.00463. The topological polar surface area (TPSA) is 54.4 Å². The summed E-state index contributed by atoms with van der Waals surface area (Å²) in [5, 5.41) is 0. The van der Waals surface area contributed by atoms with Crippen molar-refractivity contribution in [3.8, 4) is 0 Å². The monoisotopic (exact) mass is 178 g/mol. The molecule has 1 rings (SSSR count). The highest BCUT2D eigenvalue weighted by Crippen LogP contribution is 2.19. The quantitative estimate of drug-likeness (QED) is 0.659. The third-order valence-electron chi connectivity index (χ3n) is 0.970. The van der Waals surface area contributed by atoms with Crippen molar-refractivity contribution < 1.29 is 13.0 Å². The first-order chi connectivity index (χ1) is 4.50. The van der Waals surface area contributed by atoms with Gasteiger partial charge in [-0.3, -0.25) is 4.55 Å². The van der Waals surface area contributed by atoms with Crippen molar-refractivity contribution in [1.82, 2.24) is 0 Å². The van der Waals surface area contributed by atoms with Crippen LogP contribution in [0.5, 0.6) is 0 Å². The lowest BCUT2D eigenvalue weighted by Gasteiger charge is -1.85. The highest BCUT2D eigenvalue weighted by atomic mass is 32.3. The average molecular weight is 178 g/mol. The van der Waals surface area contributed by atoms with Crippen molar-refractivity contribution in [2.45, 2.75) is 11.1 Å². The molecule has 0 aliphatic rings. The fourth-order valence-electron chi connectivity index (χ4n) is 0.551. The third-order valence-corrected chi connectivity index (χ3v) is 3.29. The molecule has 0 amide bonds. The summed E-state index contributed by atoms with van der Waals surface area (Å²) in [6, 6.07) is 3.03. The molecule has 0 saturated carbocycles. The van der Waals surface area contributed by atoms with Gasteiger partial charge in [0.1, 0.15) is 4.21 Å². The maximum Gasteiger partial charge on any atom is 0.304 e. The molecule has 1 aromatic rings. The molecular formula is C5H6O3S2. The number of aryl methyl sites for hydroxylation is 1. The minimum Gasteiger partial charge on any atom is -0.281 e. The molecule has 0 atom stereocenters. The van der Waals surface area contributed by atoms with E-state index in [1.165, 1.54) is 6.07 Å². The van der Waals surface area contributed by atoms with Gasteiger partial charge >= 0.3 is 10.1 Å². The first-order valence-corrected chi connectivity index (χ1v) is 4.80. The Hall–Kier alpha value is -0.390. The van der Waals surface area contributed by atoms with Crippen molar-refractivity contribution in [3.63, 3.8) is 0 Å². The van der Waals surface area contributed by atoms with Gasteiger partial charge in [-0.15, -0.1) is 11.3 Å². The zero-order valence-electron chi connectivity index (χ0n) is 5.23. The molecule has 0 unspecified atom stereocenters. The summed E-state index contributed by atoms with van der Waals surface area (Å²) in [5.74, 6) is 0. The van der Waals surface area contributed by atoms with E-state index in [-0.39, 0.29) is 4.21 Å². The molecule has 0 spiro atoms. The third kappa shape index (κ3) is 1.56. The minimum atomic E-state index is -3.96. The van der Waals surface area contributed by atoms with Crippen LogP contribution in [0.15, 0.2) is 16.3 Å². The van der Waals surface area contributed by atoms with Crippen LogP contribution in [0.4, 0.5) is 0 Å². The molecule has 0 aromatic carbocycles. The second kappa shape index (κ2) is 2.34. The Kier molecular flexibility index (Phi) is 1.80. The molecule has 1 N–H and O–H groups in total. The summed E-state index contributed by atoms with van der Waals surface area (Å²) in [4.78, 5) is 0.868. The second-order valence-corrected chi connectivity index (χ2v) is 4.78. The van der Waals surface area contributed by atoms with Crippen LogP contribution in [0.3, 0.4) is 0 Å². The molecule has 0 fully saturated rings. The standard InChI is InChI=1S/C5H6O3S2/c1-4-2-3-5(9-4)10(6,7)8/h2-3H,1H3,(H,6,7,8). The Labute approximate surface area is 63.1 Å². The van der Waals surface area contributed by atoms with Crippen LogP contribution in [0.2, 0.25) is 0 Å². The van der Waals surface area contributed by atoms with E-state index in [4.69, 9.17) is 4.55 Å². The van der Waals surface area contributed by atoms with Crippen molar-refractivity contribution in [2.75, 3.05) is 0 Å². The summed E-state index contributed by atoms with van der Waals surface area (Å²) in [6.45, 7) is 1.78. The maximum absolute atomic E-state index is 10.4. The summed E-state index contributed by atoms with van der Waals surface area (Å²) < 4.78 is 29.3. The Morgan fingerprint density at radius 2 is 2.10 bits per heavy atom. The Morgan fingerprint density at radius 1 is 1.50 bits per heavy atom. The van der Waals surface area contributed by atoms with Crippen molar-refractivity contribution >= 4 is 21.5 Å². The van der Waals surface area contributed by atoms with E-state index < -0.39 is 10.1 Å². The summed E-state index contributed by atoms with van der Waals surface area (Å²) in [6.07, 6.45) is 0. The van der Waals surface area contributed by atoms with Gasteiger partial charge in [0.15, 0.2) is 0 Å². The normalized spacial score (nSPS) is 11.8. The van der Waals surface area contributed by atoms with Crippen LogP contribution < -0.4 is 0 Å². The fourth-order valence-corrected chi connectivity index (χ4v) is 2.20. The van der Waals surface area contributed by atoms with Gasteiger partial charge in [0.2, 0.25) is 0 Å². The first-order valence-electron chi connectivity index (χ1n) is 2.54. The van der Waals surface area contributed by atoms with E-state index in [1.54, 1.807) is 13.0 Å². The molecule has 56 valence electrons. The Morgan fingerprint density at radius 3 is 2.30 bits per heavy atom. The largest absolute Gasteiger partial charge is 0.304 e. The van der Waals surface area contributed by atoms with Gasteiger partial charge in [0.05, 0.1) is 0 Å². The average Bonchev–Trinajstić information content (AvgIpc) is 2.11. The predicted molar refractivity (Wildman–Crippen MR) is 38.9 cm³/mol. The maximum atomic E-state index is 10.4. The van der Waals surface area contributed by atoms with Gasteiger partial charge in [-0.05, 0) is 19.1 Å². The summed E-state index contributed by atoms with van der Waals surface area (Å²) in [7, 11) is -3.96. The number of thiophene rings is 1. The van der Waals surface area contributed by atoms with Gasteiger partial charge in [-0.25, -0.2) is 0 Å². The van der Waals surface area contributed by atoms with Gasteiger partial charge in [0.25, 0.3) is 0 Å². The predicted octanol–water partition coefficient (Wildman–Crippen LogP) is 1.30. The van der Waals surface area contributed by atoms with Gasteiger partial charge in [0, 0.05) is 4.88 Å². The zero-order chi connectivity index (χ0) is 7.78. The van der Waals surface area contributed by atoms with Crippen LogP contribution in [-0.4, -0.2) is 13.0 Å². The van der Waals surface area contributed by atoms with Gasteiger partial charge < -0.3 is 0 Å². The van der Waals surface area contributed by atoms with E-state index in [0.29, 0.717) is 0 Å². The van der Waals surface area contributed by atoms with Gasteiger partial charge in [-0.2, -0.15) is 8.42 Å². The molecule has 1 aromatic heterocycles. The number of hydrogen-bond acceptors (Lipinski definition) is 3. The van der Waals surface area contributed by atoms with Crippen LogP contribution in [0.1, 0.15) is 4.88 Å². The number of hydrogen-bond donors (Lipinski definition) is 1. The smallest absolute Gasteiger partial charge is 0.281 e. The summed E-state index contributed by atoms with van der Waals surface area (Å²) >= 11 is 1.06. The lowest BCUT2D eigenvalue weighted by molar-refractivity contribution is 0.485. The fraction of sp³-hybridized carbons (Fsp3) is 0.200. The molecule has 0 radical (unpaired) electrons. The SMILES string of the molecule is Cc1ccc(S(=O)(=O)O)s1. The molecule has 0 bridgehead atoms.